The molecule has 0 aliphatic carbocycles. The minimum absolute atomic E-state index is 0.550. The van der Waals surface area contributed by atoms with Crippen molar-refractivity contribution in [2.75, 3.05) is 19.8 Å². The molecule has 1 aliphatic heterocycles. The first kappa shape index (κ1) is 14.4. The monoisotopic (exact) mass is 352 g/mol. The van der Waals surface area contributed by atoms with Crippen molar-refractivity contribution in [3.8, 4) is 5.75 Å². The lowest BCUT2D eigenvalue weighted by atomic mass is 10.0. The van der Waals surface area contributed by atoms with Crippen molar-refractivity contribution >= 4 is 39.1 Å². The Morgan fingerprint density at radius 3 is 2.67 bits per heavy atom. The zero-order chi connectivity index (χ0) is 13.0. The Kier molecular flexibility index (Phi) is 5.61. The summed E-state index contributed by atoms with van der Waals surface area (Å²) in [6.45, 7) is 2.34. The Morgan fingerprint density at radius 1 is 1.28 bits per heavy atom. The third-order valence-corrected chi connectivity index (χ3v) is 4.14. The number of hydrogen-bond acceptors (Lipinski definition) is 2. The molecule has 1 fully saturated rings. The average Bonchev–Trinajstić information content (AvgIpc) is 2.38. The fourth-order valence-corrected chi connectivity index (χ4v) is 3.00. The molecule has 0 bridgehead atoms. The molecule has 5 heteroatoms. The van der Waals surface area contributed by atoms with Crippen LogP contribution in [-0.4, -0.2) is 19.8 Å². The fourth-order valence-electron chi connectivity index (χ4n) is 1.99. The lowest BCUT2D eigenvalue weighted by Crippen LogP contribution is -2.21. The van der Waals surface area contributed by atoms with Crippen molar-refractivity contribution in [1.29, 1.82) is 0 Å². The molecule has 1 aromatic carbocycles. The van der Waals surface area contributed by atoms with E-state index in [1.165, 1.54) is 0 Å². The van der Waals surface area contributed by atoms with Gasteiger partial charge in [-0.1, -0.05) is 39.1 Å². The van der Waals surface area contributed by atoms with E-state index in [4.69, 9.17) is 32.7 Å². The number of hydrogen-bond donors (Lipinski definition) is 0. The smallest absolute Gasteiger partial charge is 0.142 e. The van der Waals surface area contributed by atoms with E-state index in [9.17, 15) is 0 Å². The van der Waals surface area contributed by atoms with Gasteiger partial charge >= 0.3 is 0 Å². The highest BCUT2D eigenvalue weighted by Gasteiger charge is 2.16. The van der Waals surface area contributed by atoms with E-state index < -0.39 is 0 Å². The lowest BCUT2D eigenvalue weighted by molar-refractivity contribution is 0.0497. The van der Waals surface area contributed by atoms with E-state index in [1.54, 1.807) is 6.07 Å². The van der Waals surface area contributed by atoms with Gasteiger partial charge in [-0.05, 0) is 30.9 Å². The summed E-state index contributed by atoms with van der Waals surface area (Å²) in [5.74, 6) is 1.29. The highest BCUT2D eigenvalue weighted by Crippen LogP contribution is 2.34. The van der Waals surface area contributed by atoms with Crippen LogP contribution in [0.15, 0.2) is 12.1 Å². The lowest BCUT2D eigenvalue weighted by Gasteiger charge is -2.23. The molecule has 0 saturated carbocycles. The number of ether oxygens (including phenoxy) is 2. The van der Waals surface area contributed by atoms with E-state index in [2.05, 4.69) is 15.9 Å². The first-order valence-corrected chi connectivity index (χ1v) is 7.83. The maximum atomic E-state index is 6.18. The molecule has 1 saturated heterocycles. The van der Waals surface area contributed by atoms with Gasteiger partial charge in [0.2, 0.25) is 0 Å². The van der Waals surface area contributed by atoms with Crippen LogP contribution in [-0.2, 0) is 10.1 Å². The van der Waals surface area contributed by atoms with Crippen LogP contribution in [0, 0.1) is 5.92 Å². The van der Waals surface area contributed by atoms with Crippen molar-refractivity contribution in [2.45, 2.75) is 18.2 Å². The normalized spacial score (nSPS) is 16.8. The number of alkyl halides is 1. The van der Waals surface area contributed by atoms with E-state index >= 15 is 0 Å². The van der Waals surface area contributed by atoms with Gasteiger partial charge in [-0.25, -0.2) is 0 Å². The standard InChI is InChI=1S/C13H15BrCl2O2/c14-7-10-5-11(15)6-12(16)13(10)18-8-9-1-3-17-4-2-9/h5-6,9H,1-4,7-8H2. The molecule has 2 nitrogen and oxygen atoms in total. The second-order valence-corrected chi connectivity index (χ2v) is 5.78. The quantitative estimate of drug-likeness (QED) is 0.731. The van der Waals surface area contributed by atoms with Crippen LogP contribution < -0.4 is 4.74 Å². The second-order valence-electron chi connectivity index (χ2n) is 4.38. The van der Waals surface area contributed by atoms with Crippen molar-refractivity contribution in [3.63, 3.8) is 0 Å². The minimum Gasteiger partial charge on any atom is -0.491 e. The molecule has 1 aliphatic rings. The topological polar surface area (TPSA) is 18.5 Å². The van der Waals surface area contributed by atoms with Gasteiger partial charge < -0.3 is 9.47 Å². The van der Waals surface area contributed by atoms with Gasteiger partial charge in [0.15, 0.2) is 0 Å². The summed E-state index contributed by atoms with van der Waals surface area (Å²) in [5.41, 5.74) is 0.986. The molecule has 0 amide bonds. The number of halogens is 3. The molecule has 0 atom stereocenters. The molecule has 0 aromatic heterocycles. The molecule has 18 heavy (non-hydrogen) atoms. The van der Waals surface area contributed by atoms with E-state index in [1.807, 2.05) is 6.07 Å². The molecule has 100 valence electrons. The van der Waals surface area contributed by atoms with Crippen molar-refractivity contribution in [1.82, 2.24) is 0 Å². The van der Waals surface area contributed by atoms with Crippen LogP contribution in [0.5, 0.6) is 5.75 Å². The van der Waals surface area contributed by atoms with Gasteiger partial charge in [0.05, 0.1) is 11.6 Å². The third kappa shape index (κ3) is 3.77. The molecule has 0 radical (unpaired) electrons. The van der Waals surface area contributed by atoms with E-state index in [0.717, 1.165) is 37.4 Å². The summed E-state index contributed by atoms with van der Waals surface area (Å²) in [7, 11) is 0. The van der Waals surface area contributed by atoms with Crippen molar-refractivity contribution in [3.05, 3.63) is 27.7 Å². The zero-order valence-electron chi connectivity index (χ0n) is 9.93. The van der Waals surface area contributed by atoms with Crippen molar-refractivity contribution in [2.24, 2.45) is 5.92 Å². The van der Waals surface area contributed by atoms with Gasteiger partial charge in [0.1, 0.15) is 5.75 Å². The minimum atomic E-state index is 0.550. The molecular formula is C13H15BrCl2O2. The SMILES string of the molecule is Clc1cc(Cl)c(OCC2CCOCC2)c(CBr)c1. The highest BCUT2D eigenvalue weighted by molar-refractivity contribution is 9.08. The third-order valence-electron chi connectivity index (χ3n) is 3.03. The average molecular weight is 354 g/mol. The van der Waals surface area contributed by atoms with E-state index in [-0.39, 0.29) is 0 Å². The molecule has 0 N–H and O–H groups in total. The molecule has 2 rings (SSSR count). The molecule has 1 aromatic rings. The van der Waals surface area contributed by atoms with Gasteiger partial charge in [-0.3, -0.25) is 0 Å². The van der Waals surface area contributed by atoms with Gasteiger partial charge in [0, 0.05) is 29.1 Å². The first-order valence-electron chi connectivity index (χ1n) is 5.95. The fraction of sp³-hybridized carbons (Fsp3) is 0.538. The summed E-state index contributed by atoms with van der Waals surface area (Å²) < 4.78 is 11.2. The Bertz CT molecular complexity index is 406. The van der Waals surface area contributed by atoms with Crippen LogP contribution in [0.3, 0.4) is 0 Å². The largest absolute Gasteiger partial charge is 0.491 e. The van der Waals surface area contributed by atoms with Gasteiger partial charge in [0.25, 0.3) is 0 Å². The van der Waals surface area contributed by atoms with Gasteiger partial charge in [-0.15, -0.1) is 0 Å². The maximum absolute atomic E-state index is 6.18. The van der Waals surface area contributed by atoms with Crippen LogP contribution in [0.4, 0.5) is 0 Å². The van der Waals surface area contributed by atoms with Crippen LogP contribution in [0.2, 0.25) is 10.0 Å². The molecule has 1 heterocycles. The maximum Gasteiger partial charge on any atom is 0.142 e. The predicted molar refractivity (Wildman–Crippen MR) is 78.1 cm³/mol. The highest BCUT2D eigenvalue weighted by atomic mass is 79.9. The Morgan fingerprint density at radius 2 is 2.00 bits per heavy atom. The summed E-state index contributed by atoms with van der Waals surface area (Å²) in [6.07, 6.45) is 2.10. The number of benzene rings is 1. The molecular weight excluding hydrogens is 339 g/mol. The predicted octanol–water partition coefficient (Wildman–Crippen LogP) is 4.69. The second kappa shape index (κ2) is 6.99. The van der Waals surface area contributed by atoms with Crippen LogP contribution >= 0.6 is 39.1 Å². The van der Waals surface area contributed by atoms with Crippen molar-refractivity contribution < 1.29 is 9.47 Å². The van der Waals surface area contributed by atoms with Crippen LogP contribution in [0.25, 0.3) is 0 Å². The summed E-state index contributed by atoms with van der Waals surface area (Å²) in [4.78, 5) is 0. The summed E-state index contributed by atoms with van der Waals surface area (Å²) in [6, 6.07) is 3.59. The molecule has 0 spiro atoms. The Labute approximate surface area is 126 Å². The molecule has 0 unspecified atom stereocenters. The first-order chi connectivity index (χ1) is 8.70. The summed E-state index contributed by atoms with van der Waals surface area (Å²) in [5, 5.41) is 1.88. The summed E-state index contributed by atoms with van der Waals surface area (Å²) >= 11 is 15.6. The Balaban J connectivity index is 2.03. The van der Waals surface area contributed by atoms with E-state index in [0.29, 0.717) is 27.9 Å². The van der Waals surface area contributed by atoms with Gasteiger partial charge in [-0.2, -0.15) is 0 Å². The number of rotatable bonds is 4. The zero-order valence-corrected chi connectivity index (χ0v) is 13.0. The Hall–Kier alpha value is 0.0400. The van der Waals surface area contributed by atoms with Crippen LogP contribution in [0.1, 0.15) is 18.4 Å².